The van der Waals surface area contributed by atoms with Gasteiger partial charge in [0.15, 0.2) is 5.11 Å². The molecule has 0 atom stereocenters. The molecule has 1 aromatic carbocycles. The molecule has 0 aromatic heterocycles. The van der Waals surface area contributed by atoms with Crippen molar-refractivity contribution in [2.45, 2.75) is 6.92 Å². The fourth-order valence-electron chi connectivity index (χ4n) is 1.19. The van der Waals surface area contributed by atoms with Crippen molar-refractivity contribution in [2.24, 2.45) is 0 Å². The first-order valence-electron chi connectivity index (χ1n) is 5.53. The number of ether oxygens (including phenoxy) is 1. The SMILES string of the molecule is CCOC(=O)CNC(=S)NC(=O)c1ccc(Cl)cc1. The van der Waals surface area contributed by atoms with Crippen LogP contribution >= 0.6 is 23.8 Å². The third kappa shape index (κ3) is 5.67. The van der Waals surface area contributed by atoms with E-state index in [4.69, 9.17) is 28.6 Å². The maximum Gasteiger partial charge on any atom is 0.325 e. The Kier molecular flexibility index (Phi) is 6.24. The highest BCUT2D eigenvalue weighted by atomic mass is 35.5. The van der Waals surface area contributed by atoms with E-state index in [-0.39, 0.29) is 17.6 Å². The van der Waals surface area contributed by atoms with Crippen molar-refractivity contribution < 1.29 is 14.3 Å². The lowest BCUT2D eigenvalue weighted by molar-refractivity contribution is -0.141. The van der Waals surface area contributed by atoms with Gasteiger partial charge in [-0.3, -0.25) is 14.9 Å². The van der Waals surface area contributed by atoms with E-state index in [9.17, 15) is 9.59 Å². The maximum absolute atomic E-state index is 11.7. The first kappa shape index (κ1) is 15.4. The van der Waals surface area contributed by atoms with Gasteiger partial charge in [0.1, 0.15) is 6.54 Å². The van der Waals surface area contributed by atoms with Crippen LogP contribution in [0.2, 0.25) is 5.02 Å². The number of carbonyl (C=O) groups is 2. The van der Waals surface area contributed by atoms with Crippen LogP contribution in [0, 0.1) is 0 Å². The highest BCUT2D eigenvalue weighted by Gasteiger charge is 2.08. The lowest BCUT2D eigenvalue weighted by Gasteiger charge is -2.09. The minimum Gasteiger partial charge on any atom is -0.465 e. The van der Waals surface area contributed by atoms with Gasteiger partial charge in [-0.15, -0.1) is 0 Å². The summed E-state index contributed by atoms with van der Waals surface area (Å²) >= 11 is 10.6. The quantitative estimate of drug-likeness (QED) is 0.652. The molecule has 0 spiro atoms. The van der Waals surface area contributed by atoms with Gasteiger partial charge in [0.25, 0.3) is 5.91 Å². The molecule has 0 radical (unpaired) electrons. The predicted octanol–water partition coefficient (Wildman–Crippen LogP) is 1.51. The Balaban J connectivity index is 2.42. The molecule has 0 aliphatic heterocycles. The second kappa shape index (κ2) is 7.70. The van der Waals surface area contributed by atoms with Gasteiger partial charge in [-0.25, -0.2) is 0 Å². The van der Waals surface area contributed by atoms with Gasteiger partial charge in [-0.05, 0) is 43.4 Å². The molecule has 102 valence electrons. The smallest absolute Gasteiger partial charge is 0.325 e. The molecule has 1 aromatic rings. The third-order valence-electron chi connectivity index (χ3n) is 2.03. The Morgan fingerprint density at radius 1 is 1.32 bits per heavy atom. The minimum atomic E-state index is -0.439. The van der Waals surface area contributed by atoms with Gasteiger partial charge in [0.05, 0.1) is 6.61 Å². The van der Waals surface area contributed by atoms with E-state index in [1.165, 1.54) is 0 Å². The number of hydrogen-bond donors (Lipinski definition) is 2. The summed E-state index contributed by atoms with van der Waals surface area (Å²) in [5.74, 6) is -0.816. The van der Waals surface area contributed by atoms with Crippen molar-refractivity contribution in [1.82, 2.24) is 10.6 Å². The zero-order chi connectivity index (χ0) is 14.3. The van der Waals surface area contributed by atoms with Gasteiger partial charge in [-0.1, -0.05) is 11.6 Å². The Morgan fingerprint density at radius 2 is 1.95 bits per heavy atom. The van der Waals surface area contributed by atoms with Gasteiger partial charge in [-0.2, -0.15) is 0 Å². The van der Waals surface area contributed by atoms with Crippen LogP contribution in [0.1, 0.15) is 17.3 Å². The molecule has 0 aliphatic carbocycles. The minimum absolute atomic E-state index is 0.0630. The summed E-state index contributed by atoms with van der Waals surface area (Å²) < 4.78 is 4.71. The molecule has 0 heterocycles. The summed E-state index contributed by atoms with van der Waals surface area (Å²) in [5, 5.41) is 5.63. The van der Waals surface area contributed by atoms with Gasteiger partial charge < -0.3 is 10.1 Å². The molecule has 0 saturated heterocycles. The van der Waals surface area contributed by atoms with Crippen LogP contribution in [0.25, 0.3) is 0 Å². The van der Waals surface area contributed by atoms with Crippen molar-refractivity contribution in [1.29, 1.82) is 0 Å². The average molecular weight is 301 g/mol. The maximum atomic E-state index is 11.7. The van der Waals surface area contributed by atoms with Crippen LogP contribution in [0.5, 0.6) is 0 Å². The van der Waals surface area contributed by atoms with Crippen LogP contribution in [0.15, 0.2) is 24.3 Å². The fraction of sp³-hybridized carbons (Fsp3) is 0.250. The highest BCUT2D eigenvalue weighted by molar-refractivity contribution is 7.80. The van der Waals surface area contributed by atoms with Crippen LogP contribution in [-0.2, 0) is 9.53 Å². The van der Waals surface area contributed by atoms with Crippen molar-refractivity contribution >= 4 is 40.8 Å². The Hall–Kier alpha value is -1.66. The molecular formula is C12H13ClN2O3S. The summed E-state index contributed by atoms with van der Waals surface area (Å²) in [6.07, 6.45) is 0. The molecule has 19 heavy (non-hydrogen) atoms. The Labute approximate surface area is 121 Å². The van der Waals surface area contributed by atoms with Crippen molar-refractivity contribution in [3.05, 3.63) is 34.9 Å². The lowest BCUT2D eigenvalue weighted by atomic mass is 10.2. The molecule has 1 amide bonds. The van der Waals surface area contributed by atoms with E-state index < -0.39 is 5.97 Å². The van der Waals surface area contributed by atoms with Gasteiger partial charge in [0.2, 0.25) is 0 Å². The molecular weight excluding hydrogens is 288 g/mol. The van der Waals surface area contributed by atoms with Gasteiger partial charge >= 0.3 is 5.97 Å². The number of amides is 1. The number of thiocarbonyl (C=S) groups is 1. The third-order valence-corrected chi connectivity index (χ3v) is 2.53. The molecule has 0 unspecified atom stereocenters. The predicted molar refractivity (Wildman–Crippen MR) is 76.2 cm³/mol. The van der Waals surface area contributed by atoms with E-state index in [1.54, 1.807) is 31.2 Å². The number of rotatable bonds is 4. The Bertz CT molecular complexity index is 476. The molecule has 0 bridgehead atoms. The summed E-state index contributed by atoms with van der Waals surface area (Å²) in [6.45, 7) is 1.91. The van der Waals surface area contributed by atoms with Crippen LogP contribution in [0.3, 0.4) is 0 Å². The molecule has 0 saturated carbocycles. The number of halogens is 1. The van der Waals surface area contributed by atoms with Crippen LogP contribution in [-0.4, -0.2) is 30.1 Å². The van der Waals surface area contributed by atoms with E-state index >= 15 is 0 Å². The largest absolute Gasteiger partial charge is 0.465 e. The summed E-state index contributed by atoms with van der Waals surface area (Å²) in [6, 6.07) is 6.36. The second-order valence-electron chi connectivity index (χ2n) is 3.45. The number of hydrogen-bond acceptors (Lipinski definition) is 4. The summed E-state index contributed by atoms with van der Waals surface area (Å²) in [5.41, 5.74) is 0.421. The number of esters is 1. The normalized spacial score (nSPS) is 9.58. The summed E-state index contributed by atoms with van der Waals surface area (Å²) in [4.78, 5) is 22.8. The Morgan fingerprint density at radius 3 is 2.53 bits per heavy atom. The van der Waals surface area contributed by atoms with E-state index in [0.29, 0.717) is 17.2 Å². The standard InChI is InChI=1S/C12H13ClN2O3S/c1-2-18-10(16)7-14-12(19)15-11(17)8-3-5-9(13)6-4-8/h3-6H,2,7H2,1H3,(H2,14,15,17,19). The molecule has 7 heteroatoms. The first-order valence-corrected chi connectivity index (χ1v) is 6.32. The highest BCUT2D eigenvalue weighted by Crippen LogP contribution is 2.09. The number of carbonyl (C=O) groups excluding carboxylic acids is 2. The molecule has 0 aliphatic rings. The van der Waals surface area contributed by atoms with Crippen molar-refractivity contribution in [3.8, 4) is 0 Å². The average Bonchev–Trinajstić information content (AvgIpc) is 2.37. The van der Waals surface area contributed by atoms with E-state index in [2.05, 4.69) is 10.6 Å². The zero-order valence-electron chi connectivity index (χ0n) is 10.2. The molecule has 2 N–H and O–H groups in total. The van der Waals surface area contributed by atoms with E-state index in [0.717, 1.165) is 0 Å². The lowest BCUT2D eigenvalue weighted by Crippen LogP contribution is -2.41. The summed E-state index contributed by atoms with van der Waals surface area (Å²) in [7, 11) is 0. The van der Waals surface area contributed by atoms with Crippen LogP contribution < -0.4 is 10.6 Å². The molecule has 0 fully saturated rings. The number of benzene rings is 1. The zero-order valence-corrected chi connectivity index (χ0v) is 11.8. The fourth-order valence-corrected chi connectivity index (χ4v) is 1.48. The van der Waals surface area contributed by atoms with Crippen LogP contribution in [0.4, 0.5) is 0 Å². The van der Waals surface area contributed by atoms with Crippen molar-refractivity contribution in [2.75, 3.05) is 13.2 Å². The second-order valence-corrected chi connectivity index (χ2v) is 4.29. The monoisotopic (exact) mass is 300 g/mol. The molecule has 5 nitrogen and oxygen atoms in total. The first-order chi connectivity index (χ1) is 9.02. The number of nitrogens with one attached hydrogen (secondary N) is 2. The van der Waals surface area contributed by atoms with Gasteiger partial charge in [0, 0.05) is 10.6 Å². The molecule has 1 rings (SSSR count). The van der Waals surface area contributed by atoms with Crippen molar-refractivity contribution in [3.63, 3.8) is 0 Å². The van der Waals surface area contributed by atoms with E-state index in [1.807, 2.05) is 0 Å². The topological polar surface area (TPSA) is 67.4 Å².